The third-order valence-electron chi connectivity index (χ3n) is 4.87. The van der Waals surface area contributed by atoms with Gasteiger partial charge in [-0.25, -0.2) is 0 Å². The summed E-state index contributed by atoms with van der Waals surface area (Å²) in [5.41, 5.74) is 3.07. The van der Waals surface area contributed by atoms with E-state index in [1.807, 2.05) is 36.4 Å². The third-order valence-corrected chi connectivity index (χ3v) is 4.87. The standard InChI is InChI=1S/C22H28N2O3/c1-16-15-27-17(2)14-24(16)20-10-8-19(9-11-20)23-22(25)12-7-18-5-4-6-21(13-18)26-3/h4-6,8-11,13,16-17H,7,12,14-15H2,1-3H3,(H,23,25). The minimum Gasteiger partial charge on any atom is -0.497 e. The van der Waals surface area contributed by atoms with Gasteiger partial charge in [-0.05, 0) is 62.2 Å². The number of morpholine rings is 1. The number of anilines is 2. The predicted molar refractivity (Wildman–Crippen MR) is 109 cm³/mol. The van der Waals surface area contributed by atoms with Crippen LogP contribution in [0.3, 0.4) is 0 Å². The van der Waals surface area contributed by atoms with Crippen LogP contribution in [0.15, 0.2) is 48.5 Å². The molecule has 0 radical (unpaired) electrons. The van der Waals surface area contributed by atoms with Crippen molar-refractivity contribution in [1.29, 1.82) is 0 Å². The fourth-order valence-corrected chi connectivity index (χ4v) is 3.31. The van der Waals surface area contributed by atoms with Gasteiger partial charge in [0.25, 0.3) is 0 Å². The van der Waals surface area contributed by atoms with E-state index in [1.54, 1.807) is 7.11 Å². The smallest absolute Gasteiger partial charge is 0.224 e. The van der Waals surface area contributed by atoms with Crippen molar-refractivity contribution in [2.75, 3.05) is 30.5 Å². The molecule has 1 aliphatic rings. The Labute approximate surface area is 161 Å². The van der Waals surface area contributed by atoms with Gasteiger partial charge in [-0.3, -0.25) is 4.79 Å². The number of aryl methyl sites for hydroxylation is 1. The first-order valence-corrected chi connectivity index (χ1v) is 9.46. The summed E-state index contributed by atoms with van der Waals surface area (Å²) in [5.74, 6) is 0.828. The highest BCUT2D eigenvalue weighted by Gasteiger charge is 2.23. The lowest BCUT2D eigenvalue weighted by molar-refractivity contribution is -0.116. The first kappa shape index (κ1) is 19.2. The molecule has 1 heterocycles. The zero-order valence-electron chi connectivity index (χ0n) is 16.3. The minimum atomic E-state index is 0.0129. The van der Waals surface area contributed by atoms with Gasteiger partial charge in [0.15, 0.2) is 0 Å². The molecular weight excluding hydrogens is 340 g/mol. The molecule has 144 valence electrons. The average molecular weight is 368 g/mol. The molecule has 0 bridgehead atoms. The summed E-state index contributed by atoms with van der Waals surface area (Å²) in [5, 5.41) is 2.98. The van der Waals surface area contributed by atoms with Crippen molar-refractivity contribution >= 4 is 17.3 Å². The second-order valence-corrected chi connectivity index (χ2v) is 7.09. The number of hydrogen-bond acceptors (Lipinski definition) is 4. The number of benzene rings is 2. The number of rotatable bonds is 6. The number of carbonyl (C=O) groups is 1. The van der Waals surface area contributed by atoms with Crippen LogP contribution in [0.1, 0.15) is 25.8 Å². The molecule has 0 aromatic heterocycles. The number of methoxy groups -OCH3 is 1. The quantitative estimate of drug-likeness (QED) is 0.841. The SMILES string of the molecule is COc1cccc(CCC(=O)Nc2ccc(N3CC(C)OCC3C)cc2)c1. The van der Waals surface area contributed by atoms with Crippen molar-refractivity contribution in [3.05, 3.63) is 54.1 Å². The summed E-state index contributed by atoms with van der Waals surface area (Å²) in [4.78, 5) is 14.6. The summed E-state index contributed by atoms with van der Waals surface area (Å²) in [6.45, 7) is 5.88. The molecule has 2 unspecified atom stereocenters. The molecule has 2 atom stereocenters. The minimum absolute atomic E-state index is 0.0129. The van der Waals surface area contributed by atoms with Crippen molar-refractivity contribution in [2.24, 2.45) is 0 Å². The van der Waals surface area contributed by atoms with E-state index in [0.717, 1.165) is 35.8 Å². The van der Waals surface area contributed by atoms with Crippen molar-refractivity contribution in [2.45, 2.75) is 38.8 Å². The second-order valence-electron chi connectivity index (χ2n) is 7.09. The van der Waals surface area contributed by atoms with Crippen molar-refractivity contribution in [1.82, 2.24) is 0 Å². The fraction of sp³-hybridized carbons (Fsp3) is 0.409. The molecule has 1 amide bonds. The van der Waals surface area contributed by atoms with E-state index in [2.05, 4.69) is 36.2 Å². The number of hydrogen-bond donors (Lipinski definition) is 1. The lowest BCUT2D eigenvalue weighted by Crippen LogP contribution is -2.47. The second kappa shape index (κ2) is 8.91. The van der Waals surface area contributed by atoms with Crippen LogP contribution < -0.4 is 15.0 Å². The van der Waals surface area contributed by atoms with Gasteiger partial charge in [0.2, 0.25) is 5.91 Å². The molecule has 1 saturated heterocycles. The largest absolute Gasteiger partial charge is 0.497 e. The molecule has 2 aromatic rings. The topological polar surface area (TPSA) is 50.8 Å². The van der Waals surface area contributed by atoms with E-state index in [4.69, 9.17) is 9.47 Å². The van der Waals surface area contributed by atoms with Crippen LogP contribution in [-0.2, 0) is 16.0 Å². The lowest BCUT2D eigenvalue weighted by atomic mass is 10.1. The van der Waals surface area contributed by atoms with Crippen molar-refractivity contribution in [3.8, 4) is 5.75 Å². The van der Waals surface area contributed by atoms with E-state index in [-0.39, 0.29) is 12.0 Å². The van der Waals surface area contributed by atoms with E-state index in [0.29, 0.717) is 18.9 Å². The summed E-state index contributed by atoms with van der Waals surface area (Å²) >= 11 is 0. The summed E-state index contributed by atoms with van der Waals surface area (Å²) in [6.07, 6.45) is 1.36. The summed E-state index contributed by atoms with van der Waals surface area (Å²) < 4.78 is 10.9. The number of carbonyl (C=O) groups excluding carboxylic acids is 1. The molecule has 5 heteroatoms. The number of amides is 1. The van der Waals surface area contributed by atoms with Gasteiger partial charge in [0, 0.05) is 30.4 Å². The normalized spacial score (nSPS) is 19.6. The number of ether oxygens (including phenoxy) is 2. The maximum absolute atomic E-state index is 12.3. The van der Waals surface area contributed by atoms with Crippen LogP contribution in [0.25, 0.3) is 0 Å². The molecule has 1 aliphatic heterocycles. The Morgan fingerprint density at radius 3 is 2.74 bits per heavy atom. The van der Waals surface area contributed by atoms with E-state index in [1.165, 1.54) is 0 Å². The highest BCUT2D eigenvalue weighted by atomic mass is 16.5. The number of nitrogens with one attached hydrogen (secondary N) is 1. The van der Waals surface area contributed by atoms with Gasteiger partial charge in [-0.2, -0.15) is 0 Å². The Balaban J connectivity index is 1.53. The molecule has 0 spiro atoms. The van der Waals surface area contributed by atoms with Crippen LogP contribution >= 0.6 is 0 Å². The Hall–Kier alpha value is -2.53. The third kappa shape index (κ3) is 5.23. The first-order chi connectivity index (χ1) is 13.0. The van der Waals surface area contributed by atoms with Crippen molar-refractivity contribution in [3.63, 3.8) is 0 Å². The maximum atomic E-state index is 12.3. The van der Waals surface area contributed by atoms with E-state index < -0.39 is 0 Å². The monoisotopic (exact) mass is 368 g/mol. The fourth-order valence-electron chi connectivity index (χ4n) is 3.31. The van der Waals surface area contributed by atoms with Gasteiger partial charge in [-0.15, -0.1) is 0 Å². The Morgan fingerprint density at radius 1 is 1.22 bits per heavy atom. The number of nitrogens with zero attached hydrogens (tertiary/aromatic N) is 1. The molecule has 0 saturated carbocycles. The first-order valence-electron chi connectivity index (χ1n) is 9.46. The van der Waals surface area contributed by atoms with Crippen LogP contribution in [-0.4, -0.2) is 38.3 Å². The Morgan fingerprint density at radius 2 is 2.00 bits per heavy atom. The molecule has 0 aliphatic carbocycles. The molecule has 2 aromatic carbocycles. The van der Waals surface area contributed by atoms with Gasteiger partial charge >= 0.3 is 0 Å². The van der Waals surface area contributed by atoms with E-state index in [9.17, 15) is 4.79 Å². The van der Waals surface area contributed by atoms with Gasteiger partial charge < -0.3 is 19.7 Å². The molecular formula is C22H28N2O3. The lowest BCUT2D eigenvalue weighted by Gasteiger charge is -2.38. The Bertz CT molecular complexity index is 760. The summed E-state index contributed by atoms with van der Waals surface area (Å²) in [7, 11) is 1.65. The van der Waals surface area contributed by atoms with Crippen LogP contribution in [0.4, 0.5) is 11.4 Å². The zero-order chi connectivity index (χ0) is 19.2. The Kier molecular flexibility index (Phi) is 6.35. The molecule has 27 heavy (non-hydrogen) atoms. The average Bonchev–Trinajstić information content (AvgIpc) is 2.69. The molecule has 1 fully saturated rings. The highest BCUT2D eigenvalue weighted by Crippen LogP contribution is 2.23. The molecule has 5 nitrogen and oxygen atoms in total. The zero-order valence-corrected chi connectivity index (χ0v) is 16.3. The highest BCUT2D eigenvalue weighted by molar-refractivity contribution is 5.91. The maximum Gasteiger partial charge on any atom is 0.224 e. The van der Waals surface area contributed by atoms with E-state index >= 15 is 0 Å². The van der Waals surface area contributed by atoms with Crippen LogP contribution in [0.5, 0.6) is 5.75 Å². The van der Waals surface area contributed by atoms with Crippen molar-refractivity contribution < 1.29 is 14.3 Å². The molecule has 3 rings (SSSR count). The van der Waals surface area contributed by atoms with Gasteiger partial charge in [-0.1, -0.05) is 12.1 Å². The summed E-state index contributed by atoms with van der Waals surface area (Å²) in [6, 6.07) is 16.2. The van der Waals surface area contributed by atoms with Crippen LogP contribution in [0, 0.1) is 0 Å². The van der Waals surface area contributed by atoms with Gasteiger partial charge in [0.1, 0.15) is 5.75 Å². The van der Waals surface area contributed by atoms with Crippen LogP contribution in [0.2, 0.25) is 0 Å². The van der Waals surface area contributed by atoms with Gasteiger partial charge in [0.05, 0.1) is 19.8 Å². The molecule has 1 N–H and O–H groups in total. The predicted octanol–water partition coefficient (Wildman–Crippen LogP) is 3.88.